The van der Waals surface area contributed by atoms with Gasteiger partial charge in [0.15, 0.2) is 0 Å². The van der Waals surface area contributed by atoms with Crippen LogP contribution >= 0.6 is 11.6 Å². The summed E-state index contributed by atoms with van der Waals surface area (Å²) in [6.07, 6.45) is 3.53. The van der Waals surface area contributed by atoms with Crippen molar-refractivity contribution in [3.8, 4) is 0 Å². The van der Waals surface area contributed by atoms with Gasteiger partial charge in [-0.05, 0) is 49.1 Å². The van der Waals surface area contributed by atoms with Crippen molar-refractivity contribution in [2.75, 3.05) is 6.54 Å². The van der Waals surface area contributed by atoms with Crippen LogP contribution in [0.25, 0.3) is 11.0 Å². The summed E-state index contributed by atoms with van der Waals surface area (Å²) in [6, 6.07) is 4.87. The molecule has 128 valence electrons. The fourth-order valence-corrected chi connectivity index (χ4v) is 3.71. The quantitative estimate of drug-likeness (QED) is 0.862. The zero-order chi connectivity index (χ0) is 17.3. The molecule has 3 rings (SSSR count). The Balaban J connectivity index is 2.03. The Morgan fingerprint density at radius 3 is 2.83 bits per heavy atom. The van der Waals surface area contributed by atoms with Gasteiger partial charge < -0.3 is 10.2 Å². The number of hydrogen-bond acceptors (Lipinski definition) is 4. The van der Waals surface area contributed by atoms with E-state index < -0.39 is 5.63 Å². The Morgan fingerprint density at radius 1 is 1.33 bits per heavy atom. The van der Waals surface area contributed by atoms with Gasteiger partial charge in [0.2, 0.25) is 5.91 Å². The monoisotopic (exact) mass is 348 g/mol. The van der Waals surface area contributed by atoms with E-state index >= 15 is 0 Å². The molecule has 2 N–H and O–H groups in total. The highest BCUT2D eigenvalue weighted by Crippen LogP contribution is 2.28. The molecule has 1 fully saturated rings. The SMILES string of the molecule is CCc1cc2oc(=O)cc(CN3CCCCC3C(N)=O)c2cc1Cl. The number of fused-ring (bicyclic) bond motifs is 1. The maximum atomic E-state index is 11.9. The Bertz CT molecular complexity index is 831. The van der Waals surface area contributed by atoms with Gasteiger partial charge in [0.25, 0.3) is 0 Å². The van der Waals surface area contributed by atoms with E-state index in [1.165, 1.54) is 6.07 Å². The number of likely N-dealkylation sites (tertiary alicyclic amines) is 1. The summed E-state index contributed by atoms with van der Waals surface area (Å²) in [5.41, 5.74) is 7.43. The van der Waals surface area contributed by atoms with Crippen LogP contribution < -0.4 is 11.4 Å². The molecule has 0 spiro atoms. The Morgan fingerprint density at radius 2 is 2.12 bits per heavy atom. The smallest absolute Gasteiger partial charge is 0.336 e. The summed E-state index contributed by atoms with van der Waals surface area (Å²) in [4.78, 5) is 25.7. The van der Waals surface area contributed by atoms with Gasteiger partial charge in [-0.15, -0.1) is 0 Å². The van der Waals surface area contributed by atoms with Crippen molar-refractivity contribution in [3.05, 3.63) is 44.8 Å². The fourth-order valence-electron chi connectivity index (χ4n) is 3.41. The lowest BCUT2D eigenvalue weighted by atomic mass is 9.99. The fraction of sp³-hybridized carbons (Fsp3) is 0.444. The molecule has 1 unspecified atom stereocenters. The highest BCUT2D eigenvalue weighted by Gasteiger charge is 2.27. The molecule has 0 bridgehead atoms. The number of benzene rings is 1. The highest BCUT2D eigenvalue weighted by atomic mass is 35.5. The Kier molecular flexibility index (Phi) is 4.92. The minimum absolute atomic E-state index is 0.286. The summed E-state index contributed by atoms with van der Waals surface area (Å²) in [7, 11) is 0. The third-order valence-electron chi connectivity index (χ3n) is 4.69. The molecule has 1 aliphatic heterocycles. The minimum atomic E-state index is -0.394. The summed E-state index contributed by atoms with van der Waals surface area (Å²) < 4.78 is 5.34. The molecule has 0 aliphatic carbocycles. The van der Waals surface area contributed by atoms with E-state index in [4.69, 9.17) is 21.8 Å². The molecule has 2 aromatic rings. The van der Waals surface area contributed by atoms with E-state index in [0.29, 0.717) is 17.2 Å². The van der Waals surface area contributed by atoms with Crippen molar-refractivity contribution in [1.82, 2.24) is 4.90 Å². The van der Waals surface area contributed by atoms with E-state index in [2.05, 4.69) is 0 Å². The predicted molar refractivity (Wildman–Crippen MR) is 94.1 cm³/mol. The normalized spacial score (nSPS) is 18.8. The second-order valence-electron chi connectivity index (χ2n) is 6.27. The van der Waals surface area contributed by atoms with Crippen molar-refractivity contribution >= 4 is 28.5 Å². The van der Waals surface area contributed by atoms with Gasteiger partial charge in [-0.25, -0.2) is 4.79 Å². The summed E-state index contributed by atoms with van der Waals surface area (Å²) in [5.74, 6) is -0.312. The first-order valence-electron chi connectivity index (χ1n) is 8.28. The van der Waals surface area contributed by atoms with E-state index in [1.54, 1.807) is 0 Å². The molecular formula is C18H21ClN2O3. The van der Waals surface area contributed by atoms with Crippen LogP contribution in [-0.4, -0.2) is 23.4 Å². The summed E-state index contributed by atoms with van der Waals surface area (Å²) in [6.45, 7) is 3.27. The van der Waals surface area contributed by atoms with Gasteiger partial charge >= 0.3 is 5.63 Å². The highest BCUT2D eigenvalue weighted by molar-refractivity contribution is 6.32. The maximum absolute atomic E-state index is 11.9. The van der Waals surface area contributed by atoms with E-state index in [1.807, 2.05) is 24.0 Å². The van der Waals surface area contributed by atoms with Crippen molar-refractivity contribution in [1.29, 1.82) is 0 Å². The number of carbonyl (C=O) groups excluding carboxylic acids is 1. The first kappa shape index (κ1) is 17.0. The van der Waals surface area contributed by atoms with Gasteiger partial charge in [-0.2, -0.15) is 0 Å². The molecule has 2 heterocycles. The van der Waals surface area contributed by atoms with Gasteiger partial charge in [0.1, 0.15) is 5.58 Å². The zero-order valence-electron chi connectivity index (χ0n) is 13.7. The molecule has 1 aromatic heterocycles. The van der Waals surface area contributed by atoms with Gasteiger partial charge in [0.05, 0.1) is 6.04 Å². The topological polar surface area (TPSA) is 76.5 Å². The third kappa shape index (κ3) is 3.32. The molecule has 1 saturated heterocycles. The van der Waals surface area contributed by atoms with Crippen LogP contribution in [-0.2, 0) is 17.8 Å². The molecule has 24 heavy (non-hydrogen) atoms. The second kappa shape index (κ2) is 6.95. The molecule has 5 nitrogen and oxygen atoms in total. The van der Waals surface area contributed by atoms with Crippen LogP contribution in [0.15, 0.2) is 27.4 Å². The lowest BCUT2D eigenvalue weighted by molar-refractivity contribution is -0.124. The van der Waals surface area contributed by atoms with E-state index in [-0.39, 0.29) is 11.9 Å². The lowest BCUT2D eigenvalue weighted by Gasteiger charge is -2.33. The van der Waals surface area contributed by atoms with Crippen LogP contribution in [0.4, 0.5) is 0 Å². The Hall–Kier alpha value is -1.85. The van der Waals surface area contributed by atoms with Crippen molar-refractivity contribution in [2.24, 2.45) is 5.73 Å². The standard InChI is InChI=1S/C18H21ClN2O3/c1-2-11-7-16-13(9-14(11)19)12(8-17(22)24-16)10-21-6-4-3-5-15(21)18(20)23/h7-9,15H,2-6,10H2,1H3,(H2,20,23). The molecule has 6 heteroatoms. The number of amides is 1. The number of carbonyl (C=O) groups is 1. The average Bonchev–Trinajstić information content (AvgIpc) is 2.55. The van der Waals surface area contributed by atoms with E-state index in [0.717, 1.165) is 48.7 Å². The van der Waals surface area contributed by atoms with Crippen LogP contribution in [0, 0.1) is 0 Å². The predicted octanol–water partition coefficient (Wildman–Crippen LogP) is 2.85. The number of piperidine rings is 1. The molecule has 1 aliphatic rings. The van der Waals surface area contributed by atoms with Crippen molar-refractivity contribution in [2.45, 2.75) is 45.2 Å². The molecule has 1 amide bonds. The number of nitrogens with zero attached hydrogens (tertiary/aromatic N) is 1. The molecule has 1 aromatic carbocycles. The zero-order valence-corrected chi connectivity index (χ0v) is 14.4. The number of primary amides is 1. The molecule has 0 saturated carbocycles. The van der Waals surface area contributed by atoms with Gasteiger partial charge in [0, 0.05) is 23.0 Å². The molecular weight excluding hydrogens is 328 g/mol. The second-order valence-corrected chi connectivity index (χ2v) is 6.68. The number of hydrogen-bond donors (Lipinski definition) is 1. The average molecular weight is 349 g/mol. The molecule has 0 radical (unpaired) electrons. The van der Waals surface area contributed by atoms with Crippen LogP contribution in [0.3, 0.4) is 0 Å². The minimum Gasteiger partial charge on any atom is -0.423 e. The number of nitrogens with two attached hydrogens (primary N) is 1. The lowest BCUT2D eigenvalue weighted by Crippen LogP contribution is -2.47. The number of aryl methyl sites for hydroxylation is 1. The Labute approximate surface area is 145 Å². The largest absolute Gasteiger partial charge is 0.423 e. The van der Waals surface area contributed by atoms with Gasteiger partial charge in [-0.3, -0.25) is 9.69 Å². The summed E-state index contributed by atoms with van der Waals surface area (Å²) >= 11 is 6.33. The number of halogens is 1. The third-order valence-corrected chi connectivity index (χ3v) is 5.05. The molecule has 1 atom stereocenters. The van der Waals surface area contributed by atoms with E-state index in [9.17, 15) is 9.59 Å². The first-order valence-corrected chi connectivity index (χ1v) is 8.66. The first-order chi connectivity index (χ1) is 11.5. The van der Waals surface area contributed by atoms with Crippen LogP contribution in [0.1, 0.15) is 37.3 Å². The summed E-state index contributed by atoms with van der Waals surface area (Å²) in [5, 5.41) is 1.47. The van der Waals surface area contributed by atoms with Crippen molar-refractivity contribution in [3.63, 3.8) is 0 Å². The van der Waals surface area contributed by atoms with Gasteiger partial charge in [-0.1, -0.05) is 24.9 Å². The van der Waals surface area contributed by atoms with Crippen LogP contribution in [0.5, 0.6) is 0 Å². The van der Waals surface area contributed by atoms with Crippen molar-refractivity contribution < 1.29 is 9.21 Å². The number of rotatable bonds is 4. The van der Waals surface area contributed by atoms with Crippen LogP contribution in [0.2, 0.25) is 5.02 Å². The maximum Gasteiger partial charge on any atom is 0.336 e.